The summed E-state index contributed by atoms with van der Waals surface area (Å²) in [6, 6.07) is 11.4. The highest BCUT2D eigenvalue weighted by Gasteiger charge is 2.16. The highest BCUT2D eigenvalue weighted by molar-refractivity contribution is 5.14. The van der Waals surface area contributed by atoms with Gasteiger partial charge in [0.15, 0.2) is 0 Å². The van der Waals surface area contributed by atoms with Crippen molar-refractivity contribution in [3.63, 3.8) is 0 Å². The smallest absolute Gasteiger partial charge is 0.108 e. The first-order valence-corrected chi connectivity index (χ1v) is 7.70. The minimum Gasteiger partial charge on any atom is -0.332 e. The standard InChI is InChI=1S/C17H23N3/c1-2-5-15(6-3-1)7-4-8-17-19-13-14-20(17)16-9-11-18-12-10-16/h1-3,5-6,13-14,16,18H,4,7-12H2. The Kier molecular flexibility index (Phi) is 4.49. The van der Waals surface area contributed by atoms with Crippen LogP contribution < -0.4 is 5.32 Å². The van der Waals surface area contributed by atoms with E-state index in [0.717, 1.165) is 25.9 Å². The van der Waals surface area contributed by atoms with Gasteiger partial charge in [-0.25, -0.2) is 4.98 Å². The van der Waals surface area contributed by atoms with Crippen LogP contribution in [-0.4, -0.2) is 22.6 Å². The monoisotopic (exact) mass is 269 g/mol. The molecule has 1 N–H and O–H groups in total. The van der Waals surface area contributed by atoms with Gasteiger partial charge in [0, 0.05) is 24.9 Å². The molecule has 1 aromatic heterocycles. The minimum absolute atomic E-state index is 0.644. The largest absolute Gasteiger partial charge is 0.332 e. The number of nitrogens with zero attached hydrogens (tertiary/aromatic N) is 2. The van der Waals surface area contributed by atoms with Crippen LogP contribution in [0.3, 0.4) is 0 Å². The Balaban J connectivity index is 1.56. The first kappa shape index (κ1) is 13.4. The van der Waals surface area contributed by atoms with E-state index in [1.54, 1.807) is 0 Å². The number of hydrogen-bond donors (Lipinski definition) is 1. The molecule has 1 aromatic carbocycles. The molecule has 0 spiro atoms. The van der Waals surface area contributed by atoms with Crippen LogP contribution in [0.5, 0.6) is 0 Å². The van der Waals surface area contributed by atoms with E-state index in [9.17, 15) is 0 Å². The predicted molar refractivity (Wildman–Crippen MR) is 81.8 cm³/mol. The number of benzene rings is 1. The second-order valence-electron chi connectivity index (χ2n) is 5.57. The second-order valence-corrected chi connectivity index (χ2v) is 5.57. The third-order valence-electron chi connectivity index (χ3n) is 4.16. The summed E-state index contributed by atoms with van der Waals surface area (Å²) in [5.74, 6) is 1.26. The molecule has 3 heteroatoms. The third kappa shape index (κ3) is 3.28. The molecule has 3 nitrogen and oxygen atoms in total. The number of aryl methyl sites for hydroxylation is 2. The number of rotatable bonds is 5. The Morgan fingerprint density at radius 1 is 1.10 bits per heavy atom. The molecule has 2 heterocycles. The highest BCUT2D eigenvalue weighted by Crippen LogP contribution is 2.20. The summed E-state index contributed by atoms with van der Waals surface area (Å²) in [7, 11) is 0. The molecule has 3 rings (SSSR count). The summed E-state index contributed by atoms with van der Waals surface area (Å²) in [4.78, 5) is 4.57. The van der Waals surface area contributed by atoms with E-state index in [4.69, 9.17) is 0 Å². The molecule has 0 radical (unpaired) electrons. The average Bonchev–Trinajstić information content (AvgIpc) is 2.98. The lowest BCUT2D eigenvalue weighted by Crippen LogP contribution is -2.29. The quantitative estimate of drug-likeness (QED) is 0.904. The lowest BCUT2D eigenvalue weighted by atomic mass is 10.1. The van der Waals surface area contributed by atoms with Crippen molar-refractivity contribution in [1.29, 1.82) is 0 Å². The lowest BCUT2D eigenvalue weighted by Gasteiger charge is -2.25. The maximum absolute atomic E-state index is 4.57. The van der Waals surface area contributed by atoms with Crippen LogP contribution in [0.1, 0.15) is 36.7 Å². The summed E-state index contributed by atoms with van der Waals surface area (Å²) in [6.45, 7) is 2.26. The molecule has 2 aromatic rings. The molecule has 0 atom stereocenters. The Hall–Kier alpha value is -1.61. The van der Waals surface area contributed by atoms with Gasteiger partial charge >= 0.3 is 0 Å². The van der Waals surface area contributed by atoms with Gasteiger partial charge in [0.25, 0.3) is 0 Å². The van der Waals surface area contributed by atoms with Crippen LogP contribution in [0.25, 0.3) is 0 Å². The van der Waals surface area contributed by atoms with Gasteiger partial charge in [-0.3, -0.25) is 0 Å². The fourth-order valence-corrected chi connectivity index (χ4v) is 3.05. The van der Waals surface area contributed by atoms with Crippen LogP contribution >= 0.6 is 0 Å². The third-order valence-corrected chi connectivity index (χ3v) is 4.16. The Morgan fingerprint density at radius 3 is 2.70 bits per heavy atom. The van der Waals surface area contributed by atoms with Gasteiger partial charge in [0.1, 0.15) is 5.82 Å². The first-order chi connectivity index (χ1) is 9.93. The van der Waals surface area contributed by atoms with Crippen LogP contribution in [0, 0.1) is 0 Å². The Labute approximate surface area is 121 Å². The molecule has 1 saturated heterocycles. The minimum atomic E-state index is 0.644. The van der Waals surface area contributed by atoms with Crippen molar-refractivity contribution in [2.24, 2.45) is 0 Å². The second kappa shape index (κ2) is 6.71. The molecule has 0 amide bonds. The fourth-order valence-electron chi connectivity index (χ4n) is 3.05. The van der Waals surface area contributed by atoms with Crippen molar-refractivity contribution >= 4 is 0 Å². The van der Waals surface area contributed by atoms with Crippen molar-refractivity contribution in [2.45, 2.75) is 38.1 Å². The van der Waals surface area contributed by atoms with E-state index in [1.165, 1.54) is 30.7 Å². The zero-order chi connectivity index (χ0) is 13.6. The number of nitrogens with one attached hydrogen (secondary N) is 1. The first-order valence-electron chi connectivity index (χ1n) is 7.70. The maximum Gasteiger partial charge on any atom is 0.108 e. The van der Waals surface area contributed by atoms with Crippen LogP contribution in [0.15, 0.2) is 42.7 Å². The Bertz CT molecular complexity index is 512. The fraction of sp³-hybridized carbons (Fsp3) is 0.471. The molecule has 0 aliphatic carbocycles. The van der Waals surface area contributed by atoms with E-state index in [2.05, 4.69) is 51.4 Å². The Morgan fingerprint density at radius 2 is 1.90 bits per heavy atom. The van der Waals surface area contributed by atoms with Crippen LogP contribution in [0.2, 0.25) is 0 Å². The van der Waals surface area contributed by atoms with Gasteiger partial charge < -0.3 is 9.88 Å². The number of hydrogen-bond acceptors (Lipinski definition) is 2. The van der Waals surface area contributed by atoms with Gasteiger partial charge in [-0.1, -0.05) is 30.3 Å². The van der Waals surface area contributed by atoms with E-state index in [1.807, 2.05) is 6.20 Å². The summed E-state index contributed by atoms with van der Waals surface area (Å²) < 4.78 is 2.41. The number of aromatic nitrogens is 2. The zero-order valence-corrected chi connectivity index (χ0v) is 12.0. The van der Waals surface area contributed by atoms with Gasteiger partial charge in [-0.15, -0.1) is 0 Å². The van der Waals surface area contributed by atoms with E-state index in [-0.39, 0.29) is 0 Å². The lowest BCUT2D eigenvalue weighted by molar-refractivity contribution is 0.359. The van der Waals surface area contributed by atoms with Crippen LogP contribution in [-0.2, 0) is 12.8 Å². The van der Waals surface area contributed by atoms with Crippen molar-refractivity contribution in [3.05, 3.63) is 54.1 Å². The van der Waals surface area contributed by atoms with Gasteiger partial charge in [-0.2, -0.15) is 0 Å². The molecule has 1 aliphatic rings. The molecular formula is C17H23N3. The topological polar surface area (TPSA) is 29.9 Å². The highest BCUT2D eigenvalue weighted by atomic mass is 15.1. The normalized spacial score (nSPS) is 16.4. The summed E-state index contributed by atoms with van der Waals surface area (Å²) in [5, 5.41) is 3.43. The zero-order valence-electron chi connectivity index (χ0n) is 12.0. The van der Waals surface area contributed by atoms with E-state index < -0.39 is 0 Å². The van der Waals surface area contributed by atoms with Crippen molar-refractivity contribution < 1.29 is 0 Å². The molecule has 106 valence electrons. The van der Waals surface area contributed by atoms with Crippen molar-refractivity contribution in [3.8, 4) is 0 Å². The van der Waals surface area contributed by atoms with Crippen molar-refractivity contribution in [2.75, 3.05) is 13.1 Å². The molecule has 0 unspecified atom stereocenters. The average molecular weight is 269 g/mol. The van der Waals surface area contributed by atoms with E-state index >= 15 is 0 Å². The molecule has 0 bridgehead atoms. The van der Waals surface area contributed by atoms with Gasteiger partial charge in [0.2, 0.25) is 0 Å². The number of imidazole rings is 1. The maximum atomic E-state index is 4.57. The van der Waals surface area contributed by atoms with Gasteiger partial charge in [0.05, 0.1) is 0 Å². The number of piperidine rings is 1. The summed E-state index contributed by atoms with van der Waals surface area (Å²) >= 11 is 0. The van der Waals surface area contributed by atoms with Crippen LogP contribution in [0.4, 0.5) is 0 Å². The molecular weight excluding hydrogens is 246 g/mol. The summed E-state index contributed by atoms with van der Waals surface area (Å²) in [5.41, 5.74) is 1.42. The predicted octanol–water partition coefficient (Wildman–Crippen LogP) is 2.98. The molecule has 20 heavy (non-hydrogen) atoms. The SMILES string of the molecule is c1ccc(CCCc2nccn2C2CCNCC2)cc1. The molecule has 1 fully saturated rings. The van der Waals surface area contributed by atoms with E-state index in [0.29, 0.717) is 6.04 Å². The molecule has 1 aliphatic heterocycles. The molecule has 0 saturated carbocycles. The summed E-state index contributed by atoms with van der Waals surface area (Å²) in [6.07, 6.45) is 9.95. The van der Waals surface area contributed by atoms with Crippen molar-refractivity contribution in [1.82, 2.24) is 14.9 Å². The van der Waals surface area contributed by atoms with Gasteiger partial charge in [-0.05, 0) is 44.3 Å².